The van der Waals surface area contributed by atoms with Crippen molar-refractivity contribution in [3.05, 3.63) is 60.8 Å². The highest BCUT2D eigenvalue weighted by molar-refractivity contribution is 5.76. The third kappa shape index (κ3) is 2.59. The zero-order valence-electron chi connectivity index (χ0n) is 10.7. The molecule has 2 heterocycles. The summed E-state index contributed by atoms with van der Waals surface area (Å²) in [7, 11) is 0. The Labute approximate surface area is 115 Å². The highest BCUT2D eigenvalue weighted by atomic mass is 16.2. The summed E-state index contributed by atoms with van der Waals surface area (Å²) in [4.78, 5) is 15.6. The number of nitrogens with zero attached hydrogens (tertiary/aromatic N) is 3. The number of H-pyrrole nitrogens is 1. The summed E-state index contributed by atoms with van der Waals surface area (Å²) in [5, 5.41) is 9.65. The average molecular weight is 267 g/mol. The fraction of sp³-hybridized carbons (Fsp3) is 0.0714. The van der Waals surface area contributed by atoms with Crippen LogP contribution in [0.4, 0.5) is 4.79 Å². The van der Waals surface area contributed by atoms with Crippen molar-refractivity contribution in [2.24, 2.45) is 0 Å². The van der Waals surface area contributed by atoms with Crippen LogP contribution in [0, 0.1) is 0 Å². The van der Waals surface area contributed by atoms with Crippen LogP contribution < -0.4 is 5.32 Å². The first-order chi connectivity index (χ1) is 9.83. The van der Waals surface area contributed by atoms with E-state index >= 15 is 0 Å². The van der Waals surface area contributed by atoms with Gasteiger partial charge in [0.15, 0.2) is 0 Å². The first-order valence-electron chi connectivity index (χ1n) is 6.18. The lowest BCUT2D eigenvalue weighted by Gasteiger charge is -2.06. The predicted molar refractivity (Wildman–Crippen MR) is 73.9 cm³/mol. The molecule has 0 bridgehead atoms. The van der Waals surface area contributed by atoms with Crippen LogP contribution in [0.25, 0.3) is 11.3 Å². The van der Waals surface area contributed by atoms with E-state index in [0.29, 0.717) is 6.54 Å². The van der Waals surface area contributed by atoms with Crippen LogP contribution in [0.5, 0.6) is 0 Å². The lowest BCUT2D eigenvalue weighted by atomic mass is 10.1. The van der Waals surface area contributed by atoms with Crippen molar-refractivity contribution < 1.29 is 4.79 Å². The zero-order valence-corrected chi connectivity index (χ0v) is 10.7. The van der Waals surface area contributed by atoms with Crippen LogP contribution in [0.3, 0.4) is 0 Å². The van der Waals surface area contributed by atoms with E-state index in [1.165, 1.54) is 10.9 Å². The van der Waals surface area contributed by atoms with Crippen molar-refractivity contribution in [1.82, 2.24) is 25.1 Å². The molecular formula is C14H13N5O. The largest absolute Gasteiger partial charge is 0.333 e. The first kappa shape index (κ1) is 12.2. The summed E-state index contributed by atoms with van der Waals surface area (Å²) in [6.45, 7) is 0.472. The number of carbonyl (C=O) groups is 1. The van der Waals surface area contributed by atoms with E-state index in [9.17, 15) is 4.79 Å². The van der Waals surface area contributed by atoms with Gasteiger partial charge in [0.25, 0.3) is 0 Å². The molecule has 3 rings (SSSR count). The molecule has 0 atom stereocenters. The quantitative estimate of drug-likeness (QED) is 0.762. The van der Waals surface area contributed by atoms with Gasteiger partial charge in [0.05, 0.1) is 5.69 Å². The van der Waals surface area contributed by atoms with Crippen molar-refractivity contribution >= 4 is 6.03 Å². The fourth-order valence-corrected chi connectivity index (χ4v) is 1.87. The van der Waals surface area contributed by atoms with Crippen LogP contribution in [-0.2, 0) is 6.54 Å². The molecule has 0 saturated carbocycles. The Kier molecular flexibility index (Phi) is 3.28. The topological polar surface area (TPSA) is 75.6 Å². The molecule has 1 amide bonds. The van der Waals surface area contributed by atoms with Crippen molar-refractivity contribution in [1.29, 1.82) is 0 Å². The zero-order chi connectivity index (χ0) is 13.8. The Morgan fingerprint density at radius 3 is 2.70 bits per heavy atom. The van der Waals surface area contributed by atoms with E-state index in [-0.39, 0.29) is 6.03 Å². The molecule has 0 saturated heterocycles. The molecule has 0 spiro atoms. The average Bonchev–Trinajstić information content (AvgIpc) is 3.18. The molecule has 0 aliphatic carbocycles. The Balaban J connectivity index is 1.63. The summed E-state index contributed by atoms with van der Waals surface area (Å²) < 4.78 is 1.40. The second kappa shape index (κ2) is 5.40. The number of benzene rings is 1. The lowest BCUT2D eigenvalue weighted by Crippen LogP contribution is -2.26. The van der Waals surface area contributed by atoms with Crippen LogP contribution in [-0.4, -0.2) is 25.8 Å². The molecular weight excluding hydrogens is 254 g/mol. The van der Waals surface area contributed by atoms with Crippen LogP contribution >= 0.6 is 0 Å². The van der Waals surface area contributed by atoms with Gasteiger partial charge in [0.1, 0.15) is 6.33 Å². The number of aromatic amines is 1. The molecule has 0 aliphatic heterocycles. The Bertz CT molecular complexity index is 671. The van der Waals surface area contributed by atoms with Gasteiger partial charge in [-0.25, -0.2) is 9.78 Å². The minimum Gasteiger partial charge on any atom is -0.333 e. The second-order valence-corrected chi connectivity index (χ2v) is 4.30. The molecule has 6 heteroatoms. The van der Waals surface area contributed by atoms with Crippen molar-refractivity contribution in [2.45, 2.75) is 6.54 Å². The first-order valence-corrected chi connectivity index (χ1v) is 6.18. The van der Waals surface area contributed by atoms with Gasteiger partial charge >= 0.3 is 6.03 Å². The monoisotopic (exact) mass is 267 g/mol. The van der Waals surface area contributed by atoms with E-state index in [2.05, 4.69) is 20.5 Å². The molecule has 2 N–H and O–H groups in total. The van der Waals surface area contributed by atoms with Gasteiger partial charge in [-0.2, -0.15) is 5.10 Å². The molecule has 100 valence electrons. The number of imidazole rings is 1. The van der Waals surface area contributed by atoms with Crippen LogP contribution in [0.2, 0.25) is 0 Å². The van der Waals surface area contributed by atoms with Crippen molar-refractivity contribution in [3.63, 3.8) is 0 Å². The molecule has 0 unspecified atom stereocenters. The summed E-state index contributed by atoms with van der Waals surface area (Å²) >= 11 is 0. The fourth-order valence-electron chi connectivity index (χ4n) is 1.87. The van der Waals surface area contributed by atoms with Crippen molar-refractivity contribution in [2.75, 3.05) is 0 Å². The number of rotatable bonds is 3. The van der Waals surface area contributed by atoms with Gasteiger partial charge in [-0.05, 0) is 17.2 Å². The number of carbonyl (C=O) groups excluding carboxylic acids is 1. The molecule has 6 nitrogen and oxygen atoms in total. The maximum atomic E-state index is 11.7. The summed E-state index contributed by atoms with van der Waals surface area (Å²) in [6.07, 6.45) is 6.36. The standard InChI is InChI=1S/C14H13N5O/c20-14(19-8-7-15-10-19)16-9-11-1-3-12(4-2-11)13-5-6-17-18-13/h1-8,10H,9H2,(H,16,20)(H,17,18). The molecule has 0 radical (unpaired) electrons. The molecule has 20 heavy (non-hydrogen) atoms. The number of aromatic nitrogens is 4. The van der Waals surface area contributed by atoms with E-state index < -0.39 is 0 Å². The van der Waals surface area contributed by atoms with Gasteiger partial charge in [0, 0.05) is 25.1 Å². The minimum absolute atomic E-state index is 0.194. The maximum absolute atomic E-state index is 11.7. The van der Waals surface area contributed by atoms with Gasteiger partial charge in [0.2, 0.25) is 0 Å². The van der Waals surface area contributed by atoms with E-state index in [1.807, 2.05) is 30.3 Å². The Morgan fingerprint density at radius 2 is 2.05 bits per heavy atom. The summed E-state index contributed by atoms with van der Waals surface area (Å²) in [5.74, 6) is 0. The SMILES string of the molecule is O=C(NCc1ccc(-c2ccn[nH]2)cc1)n1ccnc1. The molecule has 1 aromatic carbocycles. The van der Waals surface area contributed by atoms with Crippen LogP contribution in [0.15, 0.2) is 55.2 Å². The lowest BCUT2D eigenvalue weighted by molar-refractivity contribution is 0.242. The van der Waals surface area contributed by atoms with Gasteiger partial charge < -0.3 is 5.32 Å². The smallest absolute Gasteiger partial charge is 0.327 e. The molecule has 0 fully saturated rings. The van der Waals surface area contributed by atoms with Gasteiger partial charge in [-0.3, -0.25) is 9.67 Å². The highest BCUT2D eigenvalue weighted by Crippen LogP contribution is 2.16. The third-order valence-corrected chi connectivity index (χ3v) is 2.95. The van der Waals surface area contributed by atoms with Crippen molar-refractivity contribution in [3.8, 4) is 11.3 Å². The van der Waals surface area contributed by atoms with Gasteiger partial charge in [-0.1, -0.05) is 24.3 Å². The number of nitrogens with one attached hydrogen (secondary N) is 2. The van der Waals surface area contributed by atoms with E-state index in [0.717, 1.165) is 16.8 Å². The Morgan fingerprint density at radius 1 is 1.20 bits per heavy atom. The summed E-state index contributed by atoms with van der Waals surface area (Å²) in [6, 6.07) is 9.66. The third-order valence-electron chi connectivity index (χ3n) is 2.95. The van der Waals surface area contributed by atoms with E-state index in [1.54, 1.807) is 18.6 Å². The van der Waals surface area contributed by atoms with Crippen LogP contribution in [0.1, 0.15) is 5.56 Å². The number of hydrogen-bond donors (Lipinski definition) is 2. The van der Waals surface area contributed by atoms with Gasteiger partial charge in [-0.15, -0.1) is 0 Å². The number of amides is 1. The minimum atomic E-state index is -0.194. The molecule has 2 aromatic heterocycles. The predicted octanol–water partition coefficient (Wildman–Crippen LogP) is 2.03. The molecule has 3 aromatic rings. The maximum Gasteiger partial charge on any atom is 0.327 e. The normalized spacial score (nSPS) is 10.4. The summed E-state index contributed by atoms with van der Waals surface area (Å²) in [5.41, 5.74) is 3.06. The number of hydrogen-bond acceptors (Lipinski definition) is 3. The van der Waals surface area contributed by atoms with E-state index in [4.69, 9.17) is 0 Å². The Hall–Kier alpha value is -2.89. The highest BCUT2D eigenvalue weighted by Gasteiger charge is 2.03. The second-order valence-electron chi connectivity index (χ2n) is 4.30. The molecule has 0 aliphatic rings.